The van der Waals surface area contributed by atoms with E-state index < -0.39 is 0 Å². The molecule has 5 heteroatoms. The first-order chi connectivity index (χ1) is 11.6. The fourth-order valence-corrected chi connectivity index (χ4v) is 3.48. The van der Waals surface area contributed by atoms with Gasteiger partial charge in [0, 0.05) is 4.47 Å². The van der Waals surface area contributed by atoms with Gasteiger partial charge in [0.05, 0.1) is 10.6 Å². The van der Waals surface area contributed by atoms with Gasteiger partial charge in [0.2, 0.25) is 0 Å². The Morgan fingerprint density at radius 3 is 2.71 bits per heavy atom. The maximum absolute atomic E-state index is 12.1. The Morgan fingerprint density at radius 2 is 1.96 bits per heavy atom. The van der Waals surface area contributed by atoms with Crippen LogP contribution >= 0.6 is 27.7 Å². The predicted octanol–water partition coefficient (Wildman–Crippen LogP) is 5.29. The van der Waals surface area contributed by atoms with Crippen LogP contribution in [-0.4, -0.2) is 11.1 Å². The zero-order valence-corrected chi connectivity index (χ0v) is 15.4. The molecule has 0 unspecified atom stereocenters. The number of carbonyl (C=O) groups is 1. The summed E-state index contributed by atoms with van der Waals surface area (Å²) >= 11 is 4.77. The van der Waals surface area contributed by atoms with E-state index in [4.69, 9.17) is 0 Å². The quantitative estimate of drug-likeness (QED) is 0.713. The minimum atomic E-state index is -0.116. The molecular formula is C19H15BrN2OS. The molecule has 120 valence electrons. The van der Waals surface area contributed by atoms with Crippen LogP contribution in [0.4, 0.5) is 5.69 Å². The molecule has 1 fully saturated rings. The van der Waals surface area contributed by atoms with Gasteiger partial charge in [0.15, 0.2) is 5.17 Å². The number of hydrogen-bond donors (Lipinski definition) is 1. The molecule has 0 spiro atoms. The van der Waals surface area contributed by atoms with Crippen LogP contribution in [0.2, 0.25) is 0 Å². The van der Waals surface area contributed by atoms with Gasteiger partial charge in [-0.15, -0.1) is 0 Å². The monoisotopic (exact) mass is 398 g/mol. The summed E-state index contributed by atoms with van der Waals surface area (Å²) in [5.74, 6) is -0.116. The van der Waals surface area contributed by atoms with E-state index in [0.29, 0.717) is 10.1 Å². The highest BCUT2D eigenvalue weighted by atomic mass is 79.9. The van der Waals surface area contributed by atoms with Crippen molar-refractivity contribution >= 4 is 50.5 Å². The first-order valence-corrected chi connectivity index (χ1v) is 8.99. The Balaban J connectivity index is 1.78. The Kier molecular flexibility index (Phi) is 5.33. The SMILES string of the molecule is CC(/C=C1\SC(=Nc2cccc(Br)c2)NC1=O)=C\c1ccccc1. The number of amides is 1. The van der Waals surface area contributed by atoms with Gasteiger partial charge in [-0.05, 0) is 54.1 Å². The standard InChI is InChI=1S/C19H15BrN2OS/c1-13(10-14-6-3-2-4-7-14)11-17-18(23)22-19(24-17)21-16-9-5-8-15(20)12-16/h2-12H,1H3,(H,21,22,23)/b13-10+,17-11-. The second kappa shape index (κ2) is 7.64. The summed E-state index contributed by atoms with van der Waals surface area (Å²) in [4.78, 5) is 17.2. The average Bonchev–Trinajstić information content (AvgIpc) is 2.87. The van der Waals surface area contributed by atoms with Crippen LogP contribution in [0, 0.1) is 0 Å². The van der Waals surface area contributed by atoms with Gasteiger partial charge in [-0.25, -0.2) is 4.99 Å². The third-order valence-corrected chi connectivity index (χ3v) is 4.65. The van der Waals surface area contributed by atoms with Crippen molar-refractivity contribution in [2.24, 2.45) is 4.99 Å². The third kappa shape index (κ3) is 4.46. The van der Waals surface area contributed by atoms with Gasteiger partial charge in [0.1, 0.15) is 0 Å². The molecule has 0 aromatic heterocycles. The van der Waals surface area contributed by atoms with Gasteiger partial charge < -0.3 is 5.32 Å². The highest BCUT2D eigenvalue weighted by molar-refractivity contribution is 9.10. The summed E-state index contributed by atoms with van der Waals surface area (Å²) in [5.41, 5.74) is 2.92. The van der Waals surface area contributed by atoms with Crippen molar-refractivity contribution in [2.75, 3.05) is 0 Å². The van der Waals surface area contributed by atoms with Crippen molar-refractivity contribution in [2.45, 2.75) is 6.92 Å². The number of aliphatic imine (C=N–C) groups is 1. The molecular weight excluding hydrogens is 384 g/mol. The van der Waals surface area contributed by atoms with Gasteiger partial charge in [0.25, 0.3) is 5.91 Å². The number of rotatable bonds is 3. The van der Waals surface area contributed by atoms with Crippen LogP contribution in [-0.2, 0) is 4.79 Å². The molecule has 0 radical (unpaired) electrons. The molecule has 1 aliphatic heterocycles. The van der Waals surface area contributed by atoms with Crippen LogP contribution in [0.1, 0.15) is 12.5 Å². The molecule has 2 aromatic rings. The molecule has 1 amide bonds. The summed E-state index contributed by atoms with van der Waals surface area (Å²) < 4.78 is 0.955. The minimum absolute atomic E-state index is 0.116. The number of halogens is 1. The number of benzene rings is 2. The van der Waals surface area contributed by atoms with Gasteiger partial charge in [-0.3, -0.25) is 4.79 Å². The first-order valence-electron chi connectivity index (χ1n) is 7.39. The zero-order chi connectivity index (χ0) is 16.9. The average molecular weight is 399 g/mol. The van der Waals surface area contributed by atoms with Crippen molar-refractivity contribution in [3.8, 4) is 0 Å². The van der Waals surface area contributed by atoms with Crippen molar-refractivity contribution in [1.29, 1.82) is 0 Å². The maximum atomic E-state index is 12.1. The van der Waals surface area contributed by atoms with Gasteiger partial charge in [-0.2, -0.15) is 0 Å². The number of thioether (sulfide) groups is 1. The van der Waals surface area contributed by atoms with Crippen LogP contribution in [0.25, 0.3) is 6.08 Å². The Morgan fingerprint density at radius 1 is 1.17 bits per heavy atom. The van der Waals surface area contributed by atoms with E-state index in [1.54, 1.807) is 0 Å². The molecule has 2 aromatic carbocycles. The molecule has 1 heterocycles. The van der Waals surface area contributed by atoms with Crippen molar-refractivity contribution in [3.05, 3.63) is 81.2 Å². The first kappa shape index (κ1) is 16.7. The molecule has 0 saturated carbocycles. The fraction of sp³-hybridized carbons (Fsp3) is 0.0526. The van der Waals surface area contributed by atoms with Crippen molar-refractivity contribution < 1.29 is 4.79 Å². The molecule has 3 nitrogen and oxygen atoms in total. The normalized spacial score (nSPS) is 18.2. The number of hydrogen-bond acceptors (Lipinski definition) is 3. The zero-order valence-electron chi connectivity index (χ0n) is 13.0. The largest absolute Gasteiger partial charge is 0.300 e. The molecule has 1 saturated heterocycles. The van der Waals surface area contributed by atoms with E-state index in [9.17, 15) is 4.79 Å². The number of allylic oxidation sites excluding steroid dienone is 2. The maximum Gasteiger partial charge on any atom is 0.264 e. The number of carbonyl (C=O) groups excluding carboxylic acids is 1. The minimum Gasteiger partial charge on any atom is -0.300 e. The van der Waals surface area contributed by atoms with Crippen molar-refractivity contribution in [3.63, 3.8) is 0 Å². The summed E-state index contributed by atoms with van der Waals surface area (Å²) in [6.45, 7) is 1.98. The lowest BCUT2D eigenvalue weighted by atomic mass is 10.1. The topological polar surface area (TPSA) is 41.5 Å². The molecule has 3 rings (SSSR count). The van der Waals surface area contributed by atoms with E-state index in [-0.39, 0.29) is 5.91 Å². The highest BCUT2D eigenvalue weighted by Crippen LogP contribution is 2.28. The lowest BCUT2D eigenvalue weighted by molar-refractivity contribution is -0.115. The van der Waals surface area contributed by atoms with E-state index in [1.807, 2.05) is 73.7 Å². The fourth-order valence-electron chi connectivity index (χ4n) is 2.20. The number of nitrogens with one attached hydrogen (secondary N) is 1. The van der Waals surface area contributed by atoms with Crippen LogP contribution in [0.15, 0.2) is 80.6 Å². The Labute approximate surface area is 153 Å². The van der Waals surface area contributed by atoms with E-state index >= 15 is 0 Å². The predicted molar refractivity (Wildman–Crippen MR) is 105 cm³/mol. The van der Waals surface area contributed by atoms with Crippen LogP contribution in [0.5, 0.6) is 0 Å². The second-order valence-electron chi connectivity index (χ2n) is 5.26. The summed E-state index contributed by atoms with van der Waals surface area (Å²) in [7, 11) is 0. The van der Waals surface area contributed by atoms with E-state index in [0.717, 1.165) is 21.3 Å². The summed E-state index contributed by atoms with van der Waals surface area (Å²) in [5, 5.41) is 3.40. The molecule has 0 atom stereocenters. The van der Waals surface area contributed by atoms with Crippen molar-refractivity contribution in [1.82, 2.24) is 5.32 Å². The Bertz CT molecular complexity index is 857. The molecule has 0 bridgehead atoms. The third-order valence-electron chi connectivity index (χ3n) is 3.24. The van der Waals surface area contributed by atoms with Gasteiger partial charge in [-0.1, -0.05) is 58.4 Å². The molecule has 1 N–H and O–H groups in total. The van der Waals surface area contributed by atoms with Crippen LogP contribution < -0.4 is 5.32 Å². The number of nitrogens with zero attached hydrogens (tertiary/aromatic N) is 1. The molecule has 1 aliphatic rings. The van der Waals surface area contributed by atoms with E-state index in [1.165, 1.54) is 11.8 Å². The van der Waals surface area contributed by atoms with Gasteiger partial charge >= 0.3 is 0 Å². The Hall–Kier alpha value is -2.11. The lowest BCUT2D eigenvalue weighted by Gasteiger charge is -1.97. The molecule has 0 aliphatic carbocycles. The summed E-state index contributed by atoms with van der Waals surface area (Å²) in [6, 6.07) is 17.7. The summed E-state index contributed by atoms with van der Waals surface area (Å²) in [6.07, 6.45) is 3.93. The van der Waals surface area contributed by atoms with E-state index in [2.05, 4.69) is 26.2 Å². The number of amidine groups is 1. The lowest BCUT2D eigenvalue weighted by Crippen LogP contribution is -2.19. The second-order valence-corrected chi connectivity index (χ2v) is 7.21. The smallest absolute Gasteiger partial charge is 0.264 e. The van der Waals surface area contributed by atoms with Crippen LogP contribution in [0.3, 0.4) is 0 Å². The highest BCUT2D eigenvalue weighted by Gasteiger charge is 2.23. The molecule has 24 heavy (non-hydrogen) atoms.